The number of hydrogen-bond acceptors (Lipinski definition) is 0. The smallest absolute Gasteiger partial charge is 0.0228 e. The van der Waals surface area contributed by atoms with Crippen molar-refractivity contribution in [3.05, 3.63) is 41.0 Å². The summed E-state index contributed by atoms with van der Waals surface area (Å²) in [6, 6.07) is 8.51. The standard InChI is InChI=1S/C13H18/c1-4-7-11(2)10-13-9-6-5-8-12(13)3/h5-6,8-10H,4,7H2,1-3H3. The SMILES string of the molecule is CCCC(C)=Cc1ccccc1C. The Hall–Kier alpha value is -1.04. The van der Waals surface area contributed by atoms with Gasteiger partial charge in [-0.2, -0.15) is 0 Å². The Balaban J connectivity index is 2.84. The molecule has 0 saturated carbocycles. The molecule has 13 heavy (non-hydrogen) atoms. The molecule has 0 aliphatic rings. The molecule has 0 unspecified atom stereocenters. The fourth-order valence-corrected chi connectivity index (χ4v) is 1.48. The van der Waals surface area contributed by atoms with E-state index in [4.69, 9.17) is 0 Å². The lowest BCUT2D eigenvalue weighted by Crippen LogP contribution is -1.81. The summed E-state index contributed by atoms with van der Waals surface area (Å²) in [5, 5.41) is 0. The summed E-state index contributed by atoms with van der Waals surface area (Å²) < 4.78 is 0. The van der Waals surface area contributed by atoms with E-state index in [1.165, 1.54) is 29.5 Å². The summed E-state index contributed by atoms with van der Waals surface area (Å²) in [6.07, 6.45) is 4.72. The van der Waals surface area contributed by atoms with Gasteiger partial charge in [0.05, 0.1) is 0 Å². The zero-order valence-electron chi connectivity index (χ0n) is 8.80. The number of hydrogen-bond donors (Lipinski definition) is 0. The molecular formula is C13H18. The van der Waals surface area contributed by atoms with Crippen LogP contribution in [0.4, 0.5) is 0 Å². The molecule has 0 aromatic heterocycles. The largest absolute Gasteiger partial charge is 0.0727 e. The topological polar surface area (TPSA) is 0 Å². The fraction of sp³-hybridized carbons (Fsp3) is 0.385. The summed E-state index contributed by atoms with van der Waals surface area (Å²) in [4.78, 5) is 0. The minimum Gasteiger partial charge on any atom is -0.0727 e. The highest BCUT2D eigenvalue weighted by Crippen LogP contribution is 2.14. The Bertz CT molecular complexity index is 295. The van der Waals surface area contributed by atoms with Crippen molar-refractivity contribution in [2.24, 2.45) is 0 Å². The Labute approximate surface area is 81.3 Å². The van der Waals surface area contributed by atoms with E-state index in [9.17, 15) is 0 Å². The van der Waals surface area contributed by atoms with Gasteiger partial charge in [-0.15, -0.1) is 0 Å². The third-order valence-corrected chi connectivity index (χ3v) is 2.23. The monoisotopic (exact) mass is 174 g/mol. The second-order valence-corrected chi connectivity index (χ2v) is 3.60. The molecule has 1 aromatic rings. The van der Waals surface area contributed by atoms with Crippen molar-refractivity contribution in [2.45, 2.75) is 33.6 Å². The van der Waals surface area contributed by atoms with Gasteiger partial charge in [0.2, 0.25) is 0 Å². The number of aryl methyl sites for hydroxylation is 1. The molecule has 0 heterocycles. The van der Waals surface area contributed by atoms with Gasteiger partial charge in [0.15, 0.2) is 0 Å². The molecule has 0 nitrogen and oxygen atoms in total. The van der Waals surface area contributed by atoms with Gasteiger partial charge in [-0.1, -0.05) is 49.3 Å². The van der Waals surface area contributed by atoms with E-state index in [-0.39, 0.29) is 0 Å². The average Bonchev–Trinajstić information content (AvgIpc) is 2.09. The predicted octanol–water partition coefficient (Wildman–Crippen LogP) is 4.20. The third-order valence-electron chi connectivity index (χ3n) is 2.23. The summed E-state index contributed by atoms with van der Waals surface area (Å²) in [5.41, 5.74) is 4.18. The van der Waals surface area contributed by atoms with Crippen molar-refractivity contribution in [2.75, 3.05) is 0 Å². The van der Waals surface area contributed by atoms with Crippen LogP contribution in [-0.2, 0) is 0 Å². The Morgan fingerprint density at radius 1 is 1.31 bits per heavy atom. The van der Waals surface area contributed by atoms with Crippen LogP contribution in [-0.4, -0.2) is 0 Å². The molecule has 0 fully saturated rings. The maximum Gasteiger partial charge on any atom is -0.0228 e. The first-order chi connectivity index (χ1) is 6.24. The summed E-state index contributed by atoms with van der Waals surface area (Å²) in [6.45, 7) is 6.58. The molecule has 1 aromatic carbocycles. The van der Waals surface area contributed by atoms with Crippen LogP contribution in [0.1, 0.15) is 37.8 Å². The minimum absolute atomic E-state index is 1.20. The average molecular weight is 174 g/mol. The van der Waals surface area contributed by atoms with Crippen molar-refractivity contribution in [3.8, 4) is 0 Å². The molecule has 0 aliphatic carbocycles. The Morgan fingerprint density at radius 2 is 2.00 bits per heavy atom. The zero-order chi connectivity index (χ0) is 9.68. The molecule has 0 amide bonds. The second-order valence-electron chi connectivity index (χ2n) is 3.60. The van der Waals surface area contributed by atoms with Crippen molar-refractivity contribution < 1.29 is 0 Å². The normalized spacial score (nSPS) is 11.8. The Morgan fingerprint density at radius 3 is 2.62 bits per heavy atom. The van der Waals surface area contributed by atoms with Crippen LogP contribution in [0.2, 0.25) is 0 Å². The fourth-order valence-electron chi connectivity index (χ4n) is 1.48. The van der Waals surface area contributed by atoms with E-state index in [1.807, 2.05) is 0 Å². The number of benzene rings is 1. The summed E-state index contributed by atoms with van der Waals surface area (Å²) >= 11 is 0. The molecule has 1 rings (SSSR count). The molecule has 0 saturated heterocycles. The van der Waals surface area contributed by atoms with E-state index in [1.54, 1.807) is 0 Å². The van der Waals surface area contributed by atoms with Crippen molar-refractivity contribution >= 4 is 6.08 Å². The highest BCUT2D eigenvalue weighted by Gasteiger charge is 1.93. The van der Waals surface area contributed by atoms with Crippen molar-refractivity contribution in [1.29, 1.82) is 0 Å². The maximum absolute atomic E-state index is 2.29. The lowest BCUT2D eigenvalue weighted by atomic mass is 10.0. The van der Waals surface area contributed by atoms with E-state index in [2.05, 4.69) is 51.1 Å². The molecule has 0 spiro atoms. The van der Waals surface area contributed by atoms with Crippen molar-refractivity contribution in [1.82, 2.24) is 0 Å². The highest BCUT2D eigenvalue weighted by molar-refractivity contribution is 5.55. The Kier molecular flexibility index (Phi) is 3.75. The van der Waals surface area contributed by atoms with Crippen LogP contribution in [0.3, 0.4) is 0 Å². The number of rotatable bonds is 3. The van der Waals surface area contributed by atoms with Crippen LogP contribution in [0.5, 0.6) is 0 Å². The van der Waals surface area contributed by atoms with Gasteiger partial charge in [-0.05, 0) is 31.4 Å². The number of allylic oxidation sites excluding steroid dienone is 1. The first-order valence-electron chi connectivity index (χ1n) is 4.97. The van der Waals surface area contributed by atoms with Gasteiger partial charge < -0.3 is 0 Å². The van der Waals surface area contributed by atoms with E-state index >= 15 is 0 Å². The maximum atomic E-state index is 2.29. The second kappa shape index (κ2) is 4.86. The first kappa shape index (κ1) is 10.0. The lowest BCUT2D eigenvalue weighted by molar-refractivity contribution is 0.911. The minimum atomic E-state index is 1.20. The summed E-state index contributed by atoms with van der Waals surface area (Å²) in [5.74, 6) is 0. The molecule has 0 bridgehead atoms. The van der Waals surface area contributed by atoms with Gasteiger partial charge in [-0.25, -0.2) is 0 Å². The first-order valence-corrected chi connectivity index (χ1v) is 4.97. The van der Waals surface area contributed by atoms with E-state index in [0.29, 0.717) is 0 Å². The van der Waals surface area contributed by atoms with Gasteiger partial charge in [-0.3, -0.25) is 0 Å². The van der Waals surface area contributed by atoms with Crippen LogP contribution in [0.15, 0.2) is 29.8 Å². The molecule has 0 aliphatic heterocycles. The van der Waals surface area contributed by atoms with Gasteiger partial charge in [0.1, 0.15) is 0 Å². The van der Waals surface area contributed by atoms with Crippen LogP contribution in [0.25, 0.3) is 6.08 Å². The van der Waals surface area contributed by atoms with Crippen LogP contribution in [0, 0.1) is 6.92 Å². The van der Waals surface area contributed by atoms with Gasteiger partial charge in [0.25, 0.3) is 0 Å². The molecule has 0 radical (unpaired) electrons. The molecular weight excluding hydrogens is 156 g/mol. The molecule has 0 heteroatoms. The quantitative estimate of drug-likeness (QED) is 0.644. The third kappa shape index (κ3) is 3.06. The summed E-state index contributed by atoms with van der Waals surface area (Å²) in [7, 11) is 0. The van der Waals surface area contributed by atoms with E-state index < -0.39 is 0 Å². The van der Waals surface area contributed by atoms with Gasteiger partial charge in [0, 0.05) is 0 Å². The predicted molar refractivity (Wildman–Crippen MR) is 59.7 cm³/mol. The highest BCUT2D eigenvalue weighted by atomic mass is 14.0. The van der Waals surface area contributed by atoms with Gasteiger partial charge >= 0.3 is 0 Å². The molecule has 0 atom stereocenters. The zero-order valence-corrected chi connectivity index (χ0v) is 8.80. The van der Waals surface area contributed by atoms with E-state index in [0.717, 1.165) is 0 Å². The molecule has 0 N–H and O–H groups in total. The van der Waals surface area contributed by atoms with Crippen LogP contribution >= 0.6 is 0 Å². The van der Waals surface area contributed by atoms with Crippen LogP contribution < -0.4 is 0 Å². The molecule has 70 valence electrons. The lowest BCUT2D eigenvalue weighted by Gasteiger charge is -2.01. The van der Waals surface area contributed by atoms with Crippen molar-refractivity contribution in [3.63, 3.8) is 0 Å².